The van der Waals surface area contributed by atoms with Crippen LogP contribution in [0.5, 0.6) is 0 Å². The van der Waals surface area contributed by atoms with Crippen LogP contribution in [0.25, 0.3) is 0 Å². The number of carboxylic acid groups (broad SMARTS) is 1. The zero-order valence-corrected chi connectivity index (χ0v) is 12.7. The van der Waals surface area contributed by atoms with Gasteiger partial charge in [-0.25, -0.2) is 9.78 Å². The lowest BCUT2D eigenvalue weighted by atomic mass is 10.2. The molecule has 1 heterocycles. The quantitative estimate of drug-likeness (QED) is 0.873. The molecule has 1 aromatic carbocycles. The van der Waals surface area contributed by atoms with E-state index >= 15 is 0 Å². The van der Waals surface area contributed by atoms with Crippen molar-refractivity contribution in [2.45, 2.75) is 13.3 Å². The molecule has 0 aliphatic rings. The summed E-state index contributed by atoms with van der Waals surface area (Å²) in [5.41, 5.74) is 2.11. The summed E-state index contributed by atoms with van der Waals surface area (Å²) in [5, 5.41) is 15.3. The van der Waals surface area contributed by atoms with E-state index < -0.39 is 5.97 Å². The van der Waals surface area contributed by atoms with Crippen molar-refractivity contribution in [2.24, 2.45) is 0 Å². The van der Waals surface area contributed by atoms with Gasteiger partial charge in [-0.2, -0.15) is 0 Å². The summed E-state index contributed by atoms with van der Waals surface area (Å²) < 4.78 is 0.749. The van der Waals surface area contributed by atoms with Crippen LogP contribution in [0.1, 0.15) is 21.1 Å². The van der Waals surface area contributed by atoms with Crippen molar-refractivity contribution in [1.82, 2.24) is 4.98 Å². The standard InChI is InChI=1S/C13H13BrN2O2S/c1-8-16-11(7-19-8)2-3-15-12-5-9(13(17)18)4-10(14)6-12/h4-7,15H,2-3H2,1H3,(H,17,18). The summed E-state index contributed by atoms with van der Waals surface area (Å²) >= 11 is 4.94. The zero-order valence-electron chi connectivity index (χ0n) is 10.3. The highest BCUT2D eigenvalue weighted by Crippen LogP contribution is 2.20. The fraction of sp³-hybridized carbons (Fsp3) is 0.231. The molecule has 1 aromatic heterocycles. The Bertz CT molecular complexity index is 598. The SMILES string of the molecule is Cc1nc(CCNc2cc(Br)cc(C(=O)O)c2)cs1. The Morgan fingerprint density at radius 3 is 2.89 bits per heavy atom. The first-order chi connectivity index (χ1) is 9.04. The number of halogens is 1. The number of nitrogens with one attached hydrogen (secondary N) is 1. The first kappa shape index (κ1) is 14.0. The lowest BCUT2D eigenvalue weighted by molar-refractivity contribution is 0.0697. The first-order valence-corrected chi connectivity index (χ1v) is 7.40. The fourth-order valence-corrected chi connectivity index (χ4v) is 2.81. The number of hydrogen-bond donors (Lipinski definition) is 2. The molecular formula is C13H13BrN2O2S. The predicted molar refractivity (Wildman–Crippen MR) is 80.1 cm³/mol. The van der Waals surface area contributed by atoms with Gasteiger partial charge in [0, 0.05) is 28.5 Å². The smallest absolute Gasteiger partial charge is 0.335 e. The topological polar surface area (TPSA) is 62.2 Å². The van der Waals surface area contributed by atoms with E-state index in [1.165, 1.54) is 0 Å². The summed E-state index contributed by atoms with van der Waals surface area (Å²) in [5.74, 6) is -0.931. The Kier molecular flexibility index (Phi) is 4.55. The van der Waals surface area contributed by atoms with Crippen LogP contribution in [-0.2, 0) is 6.42 Å². The molecule has 0 saturated heterocycles. The predicted octanol–water partition coefficient (Wildman–Crippen LogP) is 3.57. The van der Waals surface area contributed by atoms with E-state index in [1.54, 1.807) is 23.5 Å². The van der Waals surface area contributed by atoms with Crippen LogP contribution in [-0.4, -0.2) is 22.6 Å². The first-order valence-electron chi connectivity index (χ1n) is 5.73. The number of aromatic nitrogens is 1. The number of hydrogen-bond acceptors (Lipinski definition) is 4. The van der Waals surface area contributed by atoms with Gasteiger partial charge >= 0.3 is 5.97 Å². The number of aromatic carboxylic acids is 1. The number of aryl methyl sites for hydroxylation is 1. The molecule has 19 heavy (non-hydrogen) atoms. The monoisotopic (exact) mass is 340 g/mol. The molecule has 100 valence electrons. The summed E-state index contributed by atoms with van der Waals surface area (Å²) in [6.07, 6.45) is 0.819. The second-order valence-electron chi connectivity index (χ2n) is 4.07. The van der Waals surface area contributed by atoms with Crippen LogP contribution in [0, 0.1) is 6.92 Å². The Labute approximate surface area is 123 Å². The van der Waals surface area contributed by atoms with Gasteiger partial charge in [0.25, 0.3) is 0 Å². The van der Waals surface area contributed by atoms with Crippen LogP contribution in [0.3, 0.4) is 0 Å². The highest BCUT2D eigenvalue weighted by molar-refractivity contribution is 9.10. The molecule has 2 aromatic rings. The maximum atomic E-state index is 10.9. The highest BCUT2D eigenvalue weighted by atomic mass is 79.9. The fourth-order valence-electron chi connectivity index (χ4n) is 1.67. The molecule has 2 rings (SSSR count). The summed E-state index contributed by atoms with van der Waals surface area (Å²) in [6.45, 7) is 2.70. The van der Waals surface area contributed by atoms with E-state index in [2.05, 4.69) is 26.2 Å². The van der Waals surface area contributed by atoms with E-state index in [0.717, 1.165) is 33.8 Å². The molecule has 0 unspecified atom stereocenters. The van der Waals surface area contributed by atoms with Gasteiger partial charge in [-0.1, -0.05) is 15.9 Å². The maximum Gasteiger partial charge on any atom is 0.335 e. The minimum atomic E-state index is -0.931. The largest absolute Gasteiger partial charge is 0.478 e. The lowest BCUT2D eigenvalue weighted by Crippen LogP contribution is -2.06. The third-order valence-corrected chi connectivity index (χ3v) is 3.80. The normalized spacial score (nSPS) is 10.4. The number of carboxylic acids is 1. The van der Waals surface area contributed by atoms with Crippen LogP contribution in [0.15, 0.2) is 28.1 Å². The third-order valence-electron chi connectivity index (χ3n) is 2.52. The highest BCUT2D eigenvalue weighted by Gasteiger charge is 2.06. The summed E-state index contributed by atoms with van der Waals surface area (Å²) in [4.78, 5) is 15.3. The average molecular weight is 341 g/mol. The molecule has 0 spiro atoms. The number of anilines is 1. The van der Waals surface area contributed by atoms with Crippen molar-refractivity contribution in [2.75, 3.05) is 11.9 Å². The van der Waals surface area contributed by atoms with Gasteiger partial charge in [0.15, 0.2) is 0 Å². The van der Waals surface area contributed by atoms with E-state index in [1.807, 2.05) is 18.4 Å². The Balaban J connectivity index is 1.97. The van der Waals surface area contributed by atoms with Crippen molar-refractivity contribution in [3.05, 3.63) is 44.3 Å². The number of thiazole rings is 1. The minimum Gasteiger partial charge on any atom is -0.478 e. The van der Waals surface area contributed by atoms with Gasteiger partial charge in [0.1, 0.15) is 0 Å². The molecule has 0 radical (unpaired) electrons. The van der Waals surface area contributed by atoms with Crippen molar-refractivity contribution >= 4 is 38.9 Å². The second kappa shape index (κ2) is 6.16. The molecule has 2 N–H and O–H groups in total. The molecule has 0 saturated carbocycles. The van der Waals surface area contributed by atoms with Crippen LogP contribution in [0.2, 0.25) is 0 Å². The van der Waals surface area contributed by atoms with Crippen molar-refractivity contribution in [3.8, 4) is 0 Å². The number of benzene rings is 1. The van der Waals surface area contributed by atoms with Crippen molar-refractivity contribution in [1.29, 1.82) is 0 Å². The van der Waals surface area contributed by atoms with Crippen LogP contribution < -0.4 is 5.32 Å². The van der Waals surface area contributed by atoms with Gasteiger partial charge in [0.05, 0.1) is 16.3 Å². The molecule has 0 fully saturated rings. The molecule has 0 bridgehead atoms. The number of nitrogens with zero attached hydrogens (tertiary/aromatic N) is 1. The lowest BCUT2D eigenvalue weighted by Gasteiger charge is -2.07. The van der Waals surface area contributed by atoms with E-state index in [0.29, 0.717) is 0 Å². The molecule has 0 atom stereocenters. The van der Waals surface area contributed by atoms with Crippen LogP contribution >= 0.6 is 27.3 Å². The zero-order chi connectivity index (χ0) is 13.8. The van der Waals surface area contributed by atoms with Gasteiger partial charge in [-0.15, -0.1) is 11.3 Å². The Morgan fingerprint density at radius 2 is 2.26 bits per heavy atom. The summed E-state index contributed by atoms with van der Waals surface area (Å²) in [6, 6.07) is 5.06. The Hall–Kier alpha value is -1.40. The second-order valence-corrected chi connectivity index (χ2v) is 6.05. The van der Waals surface area contributed by atoms with E-state index in [4.69, 9.17) is 5.11 Å². The van der Waals surface area contributed by atoms with Gasteiger partial charge in [-0.3, -0.25) is 0 Å². The average Bonchev–Trinajstić information content (AvgIpc) is 2.74. The van der Waals surface area contributed by atoms with E-state index in [-0.39, 0.29) is 5.56 Å². The summed E-state index contributed by atoms with van der Waals surface area (Å²) in [7, 11) is 0. The molecular weight excluding hydrogens is 328 g/mol. The maximum absolute atomic E-state index is 10.9. The third kappa shape index (κ3) is 4.04. The molecule has 4 nitrogen and oxygen atoms in total. The van der Waals surface area contributed by atoms with Gasteiger partial charge < -0.3 is 10.4 Å². The van der Waals surface area contributed by atoms with Crippen molar-refractivity contribution in [3.63, 3.8) is 0 Å². The molecule has 6 heteroatoms. The van der Waals surface area contributed by atoms with Gasteiger partial charge in [0.2, 0.25) is 0 Å². The molecule has 0 aliphatic heterocycles. The number of carbonyl (C=O) groups is 1. The van der Waals surface area contributed by atoms with E-state index in [9.17, 15) is 4.79 Å². The number of rotatable bonds is 5. The van der Waals surface area contributed by atoms with Gasteiger partial charge in [-0.05, 0) is 25.1 Å². The molecule has 0 amide bonds. The van der Waals surface area contributed by atoms with Crippen molar-refractivity contribution < 1.29 is 9.90 Å². The Morgan fingerprint density at radius 1 is 1.47 bits per heavy atom. The van der Waals surface area contributed by atoms with Crippen LogP contribution in [0.4, 0.5) is 5.69 Å². The minimum absolute atomic E-state index is 0.265. The molecule has 0 aliphatic carbocycles.